The first-order valence-corrected chi connectivity index (χ1v) is 6.54. The van der Waals surface area contributed by atoms with Crippen molar-refractivity contribution in [2.75, 3.05) is 0 Å². The summed E-state index contributed by atoms with van der Waals surface area (Å²) in [6.07, 6.45) is 1.86. The minimum Gasteiger partial charge on any atom is -0.399 e. The van der Waals surface area contributed by atoms with Gasteiger partial charge in [-0.2, -0.15) is 0 Å². The molecule has 0 aromatic carbocycles. The molecule has 106 valence electrons. The van der Waals surface area contributed by atoms with Gasteiger partial charge in [-0.1, -0.05) is 19.9 Å². The van der Waals surface area contributed by atoms with Gasteiger partial charge in [-0.25, -0.2) is 0 Å². The molecular weight excluding hydrogens is 260 g/mol. The lowest BCUT2D eigenvalue weighted by Gasteiger charge is -2.32. The van der Waals surface area contributed by atoms with Crippen LogP contribution in [-0.2, 0) is 9.31 Å². The molecule has 1 fully saturated rings. The molecule has 1 aliphatic heterocycles. The molecule has 0 unspecified atom stereocenters. The summed E-state index contributed by atoms with van der Waals surface area (Å²) in [5.74, 6) is 0.442. The molecule has 0 radical (unpaired) electrons. The maximum atomic E-state index is 5.99. The Labute approximate surface area is 122 Å². The molecule has 2 heterocycles. The van der Waals surface area contributed by atoms with E-state index in [0.29, 0.717) is 5.92 Å². The number of hydrogen-bond donors (Lipinski definition) is 0. The maximum Gasteiger partial charge on any atom is 0.496 e. The van der Waals surface area contributed by atoms with Crippen LogP contribution in [0.1, 0.15) is 53.2 Å². The average molecular weight is 284 g/mol. The fourth-order valence-corrected chi connectivity index (χ4v) is 1.88. The van der Waals surface area contributed by atoms with Crippen LogP contribution in [0.3, 0.4) is 0 Å². The number of nitrogens with zero attached hydrogens (tertiary/aromatic N) is 1. The van der Waals surface area contributed by atoms with Gasteiger partial charge in [0.25, 0.3) is 0 Å². The van der Waals surface area contributed by atoms with Crippen molar-refractivity contribution < 1.29 is 9.31 Å². The van der Waals surface area contributed by atoms with Gasteiger partial charge in [0.05, 0.1) is 11.2 Å². The fourth-order valence-electron chi connectivity index (χ4n) is 1.88. The highest BCUT2D eigenvalue weighted by Crippen LogP contribution is 2.36. The molecule has 0 amide bonds. The largest absolute Gasteiger partial charge is 0.496 e. The third kappa shape index (κ3) is 3.12. The van der Waals surface area contributed by atoms with E-state index < -0.39 is 0 Å². The Morgan fingerprint density at radius 1 is 1.05 bits per heavy atom. The molecule has 0 aliphatic carbocycles. The van der Waals surface area contributed by atoms with E-state index in [2.05, 4.69) is 46.5 Å². The summed E-state index contributed by atoms with van der Waals surface area (Å²) in [5.41, 5.74) is 1.48. The second kappa shape index (κ2) is 5.43. The number of hydrogen-bond acceptors (Lipinski definition) is 3. The Morgan fingerprint density at radius 2 is 1.58 bits per heavy atom. The monoisotopic (exact) mass is 283 g/mol. The van der Waals surface area contributed by atoms with Crippen molar-refractivity contribution in [2.45, 2.75) is 58.7 Å². The van der Waals surface area contributed by atoms with Crippen LogP contribution in [0.4, 0.5) is 0 Å². The van der Waals surface area contributed by atoms with Crippen molar-refractivity contribution in [2.24, 2.45) is 0 Å². The molecule has 19 heavy (non-hydrogen) atoms. The number of rotatable bonds is 2. The normalized spacial score (nSPS) is 20.5. The van der Waals surface area contributed by atoms with Gasteiger partial charge in [-0.05, 0) is 39.7 Å². The number of aromatic nitrogens is 1. The SMILES string of the molecule is CC(C)c1ccc(B2OC(C)(C)C(C)(C)O2)cn1.Cl. The van der Waals surface area contributed by atoms with Crippen LogP contribution in [0, 0.1) is 0 Å². The van der Waals surface area contributed by atoms with Crippen LogP contribution >= 0.6 is 12.4 Å². The highest BCUT2D eigenvalue weighted by atomic mass is 35.5. The zero-order chi connectivity index (χ0) is 13.6. The summed E-state index contributed by atoms with van der Waals surface area (Å²) < 4.78 is 12.0. The van der Waals surface area contributed by atoms with E-state index in [1.165, 1.54) is 0 Å². The Morgan fingerprint density at radius 3 is 1.95 bits per heavy atom. The highest BCUT2D eigenvalue weighted by molar-refractivity contribution is 6.62. The number of halogens is 1. The third-order valence-electron chi connectivity index (χ3n) is 3.93. The van der Waals surface area contributed by atoms with Gasteiger partial charge in [0.1, 0.15) is 0 Å². The van der Waals surface area contributed by atoms with Crippen molar-refractivity contribution in [1.82, 2.24) is 4.98 Å². The van der Waals surface area contributed by atoms with E-state index in [1.54, 1.807) is 0 Å². The molecular formula is C14H23BClNO2. The van der Waals surface area contributed by atoms with Gasteiger partial charge in [0, 0.05) is 17.4 Å². The van der Waals surface area contributed by atoms with Crippen LogP contribution in [0.25, 0.3) is 0 Å². The fraction of sp³-hybridized carbons (Fsp3) is 0.643. The molecule has 1 aliphatic rings. The Bertz CT molecular complexity index is 416. The molecule has 0 N–H and O–H groups in total. The van der Waals surface area contributed by atoms with E-state index in [4.69, 9.17) is 9.31 Å². The summed E-state index contributed by atoms with van der Waals surface area (Å²) in [7, 11) is -0.316. The van der Waals surface area contributed by atoms with Crippen LogP contribution in [0.15, 0.2) is 18.3 Å². The molecule has 0 spiro atoms. The lowest BCUT2D eigenvalue weighted by molar-refractivity contribution is 0.00578. The molecule has 1 saturated heterocycles. The van der Waals surface area contributed by atoms with E-state index >= 15 is 0 Å². The second-order valence-corrected chi connectivity index (χ2v) is 6.26. The molecule has 0 saturated carbocycles. The van der Waals surface area contributed by atoms with Gasteiger partial charge >= 0.3 is 7.12 Å². The standard InChI is InChI=1S/C14H22BNO2.ClH/c1-10(2)12-8-7-11(9-16-12)15-17-13(3,4)14(5,6)18-15;/h7-10H,1-6H3;1H. The predicted molar refractivity (Wildman–Crippen MR) is 81.3 cm³/mol. The Balaban J connectivity index is 0.00000180. The Hall–Kier alpha value is -0.575. The van der Waals surface area contributed by atoms with E-state index in [0.717, 1.165) is 11.2 Å². The van der Waals surface area contributed by atoms with E-state index in [1.807, 2.05) is 18.3 Å². The minimum absolute atomic E-state index is 0. The van der Waals surface area contributed by atoms with Gasteiger partial charge in [0.2, 0.25) is 0 Å². The topological polar surface area (TPSA) is 31.4 Å². The maximum absolute atomic E-state index is 5.99. The van der Waals surface area contributed by atoms with Gasteiger partial charge in [-0.15, -0.1) is 12.4 Å². The molecule has 2 rings (SSSR count). The van der Waals surface area contributed by atoms with E-state index in [-0.39, 0.29) is 30.7 Å². The van der Waals surface area contributed by atoms with Gasteiger partial charge < -0.3 is 9.31 Å². The summed E-state index contributed by atoms with van der Waals surface area (Å²) in [4.78, 5) is 4.46. The Kier molecular flexibility index (Phi) is 4.71. The second-order valence-electron chi connectivity index (χ2n) is 6.26. The highest BCUT2D eigenvalue weighted by Gasteiger charge is 2.51. The van der Waals surface area contributed by atoms with Crippen LogP contribution in [0.2, 0.25) is 0 Å². The van der Waals surface area contributed by atoms with Crippen molar-refractivity contribution in [3.63, 3.8) is 0 Å². The summed E-state index contributed by atoms with van der Waals surface area (Å²) in [6.45, 7) is 12.5. The summed E-state index contributed by atoms with van der Waals surface area (Å²) in [6, 6.07) is 4.09. The van der Waals surface area contributed by atoms with Gasteiger partial charge in [-0.3, -0.25) is 4.98 Å². The van der Waals surface area contributed by atoms with Crippen LogP contribution in [0.5, 0.6) is 0 Å². The van der Waals surface area contributed by atoms with Gasteiger partial charge in [0.15, 0.2) is 0 Å². The summed E-state index contributed by atoms with van der Waals surface area (Å²) in [5, 5.41) is 0. The molecule has 0 atom stereocenters. The third-order valence-corrected chi connectivity index (χ3v) is 3.93. The van der Waals surface area contributed by atoms with Crippen molar-refractivity contribution in [3.05, 3.63) is 24.0 Å². The lowest BCUT2D eigenvalue weighted by Crippen LogP contribution is -2.41. The van der Waals surface area contributed by atoms with Crippen molar-refractivity contribution >= 4 is 25.0 Å². The molecule has 0 bridgehead atoms. The smallest absolute Gasteiger partial charge is 0.399 e. The minimum atomic E-state index is -0.316. The quantitative estimate of drug-likeness (QED) is 0.782. The first kappa shape index (κ1) is 16.5. The predicted octanol–water partition coefficient (Wildman–Crippen LogP) is 2.93. The average Bonchev–Trinajstić information content (AvgIpc) is 2.48. The first-order valence-electron chi connectivity index (χ1n) is 6.54. The molecule has 1 aromatic heterocycles. The molecule has 5 heteroatoms. The molecule has 1 aromatic rings. The first-order chi connectivity index (χ1) is 8.23. The van der Waals surface area contributed by atoms with Crippen LogP contribution < -0.4 is 5.46 Å². The van der Waals surface area contributed by atoms with Crippen molar-refractivity contribution in [3.8, 4) is 0 Å². The zero-order valence-corrected chi connectivity index (χ0v) is 13.4. The molecule has 3 nitrogen and oxygen atoms in total. The lowest BCUT2D eigenvalue weighted by atomic mass is 9.80. The van der Waals surface area contributed by atoms with Crippen LogP contribution in [-0.4, -0.2) is 23.3 Å². The summed E-state index contributed by atoms with van der Waals surface area (Å²) >= 11 is 0. The number of pyridine rings is 1. The zero-order valence-electron chi connectivity index (χ0n) is 12.6. The van der Waals surface area contributed by atoms with Crippen molar-refractivity contribution in [1.29, 1.82) is 0 Å². The van der Waals surface area contributed by atoms with E-state index in [9.17, 15) is 0 Å².